The number of carbonyl (C=O) groups is 3. The smallest absolute Gasteiger partial charge is 0.294 e. The Kier molecular flexibility index (Phi) is 7.80. The lowest BCUT2D eigenvalue weighted by atomic mass is 10.2. The average molecular weight is 527 g/mol. The summed E-state index contributed by atoms with van der Waals surface area (Å²) < 4.78 is 5.83. The van der Waals surface area contributed by atoms with Gasteiger partial charge in [-0.3, -0.25) is 19.3 Å². The Hall–Kier alpha value is -3.26. The van der Waals surface area contributed by atoms with E-state index in [4.69, 9.17) is 27.9 Å². The van der Waals surface area contributed by atoms with E-state index in [1.165, 1.54) is 0 Å². The number of thioether (sulfide) groups is 1. The van der Waals surface area contributed by atoms with Crippen molar-refractivity contribution in [2.45, 2.75) is 13.5 Å². The summed E-state index contributed by atoms with van der Waals surface area (Å²) in [6.45, 7) is 1.74. The minimum absolute atomic E-state index is 0.233. The van der Waals surface area contributed by atoms with Gasteiger partial charge in [-0.2, -0.15) is 0 Å². The number of hydrogen-bond donors (Lipinski definition) is 1. The summed E-state index contributed by atoms with van der Waals surface area (Å²) in [6, 6.07) is 19.6. The van der Waals surface area contributed by atoms with Crippen LogP contribution in [0.3, 0.4) is 0 Å². The van der Waals surface area contributed by atoms with Gasteiger partial charge in [-0.25, -0.2) is 0 Å². The molecule has 1 aliphatic heterocycles. The van der Waals surface area contributed by atoms with Gasteiger partial charge >= 0.3 is 0 Å². The van der Waals surface area contributed by atoms with Gasteiger partial charge in [0.15, 0.2) is 0 Å². The predicted octanol–water partition coefficient (Wildman–Crippen LogP) is 6.56. The van der Waals surface area contributed by atoms with Crippen molar-refractivity contribution in [3.63, 3.8) is 0 Å². The molecule has 0 unspecified atom stereocenters. The first kappa shape index (κ1) is 24.9. The molecule has 1 fully saturated rings. The minimum atomic E-state index is -0.515. The number of hydrogen-bond acceptors (Lipinski definition) is 5. The second kappa shape index (κ2) is 11.0. The van der Waals surface area contributed by atoms with Crippen LogP contribution in [0.15, 0.2) is 71.6 Å². The number of para-hydroxylation sites is 1. The Balaban J connectivity index is 1.41. The van der Waals surface area contributed by atoms with Crippen LogP contribution in [-0.4, -0.2) is 28.5 Å². The molecule has 1 saturated heterocycles. The number of halogens is 2. The van der Waals surface area contributed by atoms with E-state index in [1.807, 2.05) is 19.1 Å². The van der Waals surface area contributed by atoms with Crippen molar-refractivity contribution in [1.29, 1.82) is 0 Å². The van der Waals surface area contributed by atoms with Gasteiger partial charge in [0.25, 0.3) is 11.1 Å². The van der Waals surface area contributed by atoms with Crippen LogP contribution in [0.4, 0.5) is 10.5 Å². The summed E-state index contributed by atoms with van der Waals surface area (Å²) in [4.78, 5) is 38.8. The number of amides is 3. The molecular formula is C26H20Cl2N2O4S. The van der Waals surface area contributed by atoms with E-state index in [0.29, 0.717) is 27.0 Å². The zero-order valence-electron chi connectivity index (χ0n) is 18.6. The van der Waals surface area contributed by atoms with E-state index in [9.17, 15) is 14.4 Å². The highest BCUT2D eigenvalue weighted by Crippen LogP contribution is 2.33. The number of benzene rings is 3. The van der Waals surface area contributed by atoms with E-state index in [1.54, 1.807) is 60.7 Å². The maximum Gasteiger partial charge on any atom is 0.294 e. The molecule has 3 aromatic rings. The monoisotopic (exact) mass is 526 g/mol. The zero-order valence-corrected chi connectivity index (χ0v) is 20.9. The van der Waals surface area contributed by atoms with E-state index in [0.717, 1.165) is 27.8 Å². The van der Waals surface area contributed by atoms with Crippen molar-refractivity contribution >= 4 is 63.8 Å². The third-order valence-corrected chi connectivity index (χ3v) is 6.65. The highest BCUT2D eigenvalue weighted by Gasteiger charge is 2.36. The van der Waals surface area contributed by atoms with Gasteiger partial charge in [-0.15, -0.1) is 0 Å². The summed E-state index contributed by atoms with van der Waals surface area (Å²) in [5.74, 6) is -0.389. The number of rotatable bonds is 7. The second-order valence-corrected chi connectivity index (χ2v) is 9.56. The van der Waals surface area contributed by atoms with Crippen molar-refractivity contribution in [2.75, 3.05) is 11.9 Å². The first-order valence-electron chi connectivity index (χ1n) is 10.6. The van der Waals surface area contributed by atoms with Crippen LogP contribution in [0.5, 0.6) is 5.75 Å². The van der Waals surface area contributed by atoms with E-state index >= 15 is 0 Å². The van der Waals surface area contributed by atoms with Crippen molar-refractivity contribution in [3.8, 4) is 5.75 Å². The molecule has 3 amide bonds. The summed E-state index contributed by atoms with van der Waals surface area (Å²) in [6.07, 6.45) is 1.60. The van der Waals surface area contributed by atoms with Gasteiger partial charge in [0, 0.05) is 21.3 Å². The van der Waals surface area contributed by atoms with Crippen molar-refractivity contribution in [2.24, 2.45) is 0 Å². The highest BCUT2D eigenvalue weighted by molar-refractivity contribution is 8.18. The Morgan fingerprint density at radius 2 is 1.86 bits per heavy atom. The van der Waals surface area contributed by atoms with Crippen LogP contribution in [0.25, 0.3) is 6.08 Å². The van der Waals surface area contributed by atoms with Crippen molar-refractivity contribution < 1.29 is 19.1 Å². The molecule has 4 rings (SSSR count). The summed E-state index contributed by atoms with van der Waals surface area (Å²) in [7, 11) is 0. The first-order chi connectivity index (χ1) is 16.8. The number of imide groups is 1. The largest absolute Gasteiger partial charge is 0.489 e. The lowest BCUT2D eigenvalue weighted by Gasteiger charge is -2.13. The SMILES string of the molecule is Cc1ccccc1NC(=O)CN1C(=O)S/C(=C/c2cccc(OCc3ccc(Cl)cc3Cl)c2)C1=O. The Labute approximate surface area is 216 Å². The average Bonchev–Trinajstić information content (AvgIpc) is 3.07. The molecule has 6 nitrogen and oxygen atoms in total. The van der Waals surface area contributed by atoms with Crippen LogP contribution < -0.4 is 10.1 Å². The molecule has 178 valence electrons. The Morgan fingerprint density at radius 1 is 1.06 bits per heavy atom. The first-order valence-corrected chi connectivity index (χ1v) is 12.1. The van der Waals surface area contributed by atoms with Crippen LogP contribution in [0.1, 0.15) is 16.7 Å². The van der Waals surface area contributed by atoms with Crippen LogP contribution >= 0.6 is 35.0 Å². The molecule has 9 heteroatoms. The second-order valence-electron chi connectivity index (χ2n) is 7.73. The summed E-state index contributed by atoms with van der Waals surface area (Å²) in [5.41, 5.74) is 2.98. The van der Waals surface area contributed by atoms with Crippen molar-refractivity contribution in [3.05, 3.63) is 98.4 Å². The number of anilines is 1. The molecule has 0 saturated carbocycles. The van der Waals surface area contributed by atoms with Crippen LogP contribution in [-0.2, 0) is 16.2 Å². The summed E-state index contributed by atoms with van der Waals surface area (Å²) in [5, 5.41) is 3.30. The van der Waals surface area contributed by atoms with Gasteiger partial charge < -0.3 is 10.1 Å². The predicted molar refractivity (Wildman–Crippen MR) is 140 cm³/mol. The topological polar surface area (TPSA) is 75.7 Å². The number of nitrogens with one attached hydrogen (secondary N) is 1. The molecular weight excluding hydrogens is 507 g/mol. The third-order valence-electron chi connectivity index (χ3n) is 5.16. The van der Waals surface area contributed by atoms with Gasteiger partial charge in [0.1, 0.15) is 18.9 Å². The zero-order chi connectivity index (χ0) is 24.9. The van der Waals surface area contributed by atoms with Crippen molar-refractivity contribution in [1.82, 2.24) is 4.90 Å². The fraction of sp³-hybridized carbons (Fsp3) is 0.115. The normalized spacial score (nSPS) is 14.5. The van der Waals surface area contributed by atoms with Crippen LogP contribution in [0, 0.1) is 6.92 Å². The molecule has 1 heterocycles. The number of nitrogens with zero attached hydrogens (tertiary/aromatic N) is 1. The maximum absolute atomic E-state index is 12.8. The van der Waals surface area contributed by atoms with Gasteiger partial charge in [0.2, 0.25) is 5.91 Å². The number of ether oxygens (including phenoxy) is 1. The molecule has 0 aromatic heterocycles. The van der Waals surface area contributed by atoms with E-state index < -0.39 is 17.1 Å². The lowest BCUT2D eigenvalue weighted by molar-refractivity contribution is -0.127. The lowest BCUT2D eigenvalue weighted by Crippen LogP contribution is -2.36. The number of carbonyl (C=O) groups excluding carboxylic acids is 3. The van der Waals surface area contributed by atoms with Gasteiger partial charge in [-0.1, -0.05) is 59.6 Å². The van der Waals surface area contributed by atoms with E-state index in [-0.39, 0.29) is 18.1 Å². The van der Waals surface area contributed by atoms with Gasteiger partial charge in [-0.05, 0) is 66.2 Å². The summed E-state index contributed by atoms with van der Waals surface area (Å²) >= 11 is 12.9. The Morgan fingerprint density at radius 3 is 2.63 bits per heavy atom. The third kappa shape index (κ3) is 6.25. The fourth-order valence-electron chi connectivity index (χ4n) is 3.33. The molecule has 0 aliphatic carbocycles. The molecule has 0 atom stereocenters. The van der Waals surface area contributed by atoms with E-state index in [2.05, 4.69) is 5.32 Å². The molecule has 3 aromatic carbocycles. The fourth-order valence-corrected chi connectivity index (χ4v) is 4.63. The molecule has 1 N–H and O–H groups in total. The Bertz CT molecular complexity index is 1340. The quantitative estimate of drug-likeness (QED) is 0.353. The molecule has 35 heavy (non-hydrogen) atoms. The highest BCUT2D eigenvalue weighted by atomic mass is 35.5. The number of aryl methyl sites for hydroxylation is 1. The maximum atomic E-state index is 12.8. The molecule has 0 radical (unpaired) electrons. The molecule has 0 spiro atoms. The van der Waals surface area contributed by atoms with Gasteiger partial charge in [0.05, 0.1) is 4.91 Å². The minimum Gasteiger partial charge on any atom is -0.489 e. The molecule has 0 bridgehead atoms. The molecule has 1 aliphatic rings. The standard InChI is InChI=1S/C26H20Cl2N2O4S/c1-16-5-2-3-8-22(16)29-24(31)14-30-25(32)23(35-26(30)33)12-17-6-4-7-20(11-17)34-15-18-9-10-19(27)13-21(18)28/h2-13H,14-15H2,1H3,(H,29,31)/b23-12+. The van der Waals surface area contributed by atoms with Crippen LogP contribution in [0.2, 0.25) is 10.0 Å².